The summed E-state index contributed by atoms with van der Waals surface area (Å²) in [5, 5.41) is 10.1. The van der Waals surface area contributed by atoms with Crippen molar-refractivity contribution in [3.05, 3.63) is 30.3 Å². The lowest BCUT2D eigenvalue weighted by Crippen LogP contribution is -2.51. The second-order valence-electron chi connectivity index (χ2n) is 7.72. The largest absolute Gasteiger partial charge is 0.394 e. The van der Waals surface area contributed by atoms with Gasteiger partial charge in [-0.3, -0.25) is 9.69 Å². The van der Waals surface area contributed by atoms with Crippen molar-refractivity contribution in [2.45, 2.75) is 64.3 Å². The Hall–Kier alpha value is -1.43. The Balaban J connectivity index is 1.93. The van der Waals surface area contributed by atoms with Crippen LogP contribution in [0.25, 0.3) is 0 Å². The highest BCUT2D eigenvalue weighted by molar-refractivity contribution is 5.94. The van der Waals surface area contributed by atoms with Crippen molar-refractivity contribution in [3.63, 3.8) is 0 Å². The Morgan fingerprint density at radius 1 is 1.07 bits per heavy atom. The molecule has 158 valence electrons. The fourth-order valence-electron chi connectivity index (χ4n) is 3.80. The number of rotatable bonds is 13. The smallest absolute Gasteiger partial charge is 0.227 e. The van der Waals surface area contributed by atoms with E-state index in [0.29, 0.717) is 13.0 Å². The average molecular weight is 391 g/mol. The maximum atomic E-state index is 13.1. The molecule has 1 amide bonds. The van der Waals surface area contributed by atoms with Crippen molar-refractivity contribution < 1.29 is 14.6 Å². The molecule has 28 heavy (non-hydrogen) atoms. The van der Waals surface area contributed by atoms with Gasteiger partial charge in [0.05, 0.1) is 25.9 Å². The topological polar surface area (TPSA) is 53.0 Å². The van der Waals surface area contributed by atoms with Gasteiger partial charge >= 0.3 is 0 Å². The third-order valence-corrected chi connectivity index (χ3v) is 5.45. The number of nitrogens with zero attached hydrogens (tertiary/aromatic N) is 2. The molecule has 0 bridgehead atoms. The molecular formula is C23H38N2O3. The highest BCUT2D eigenvalue weighted by Gasteiger charge is 2.27. The van der Waals surface area contributed by atoms with Gasteiger partial charge < -0.3 is 14.7 Å². The predicted molar refractivity (Wildman–Crippen MR) is 115 cm³/mol. The number of morpholine rings is 1. The number of aliphatic hydroxyl groups is 1. The van der Waals surface area contributed by atoms with Crippen LogP contribution in [0.1, 0.15) is 58.3 Å². The molecule has 1 fully saturated rings. The van der Waals surface area contributed by atoms with E-state index in [1.807, 2.05) is 35.2 Å². The van der Waals surface area contributed by atoms with E-state index >= 15 is 0 Å². The summed E-state index contributed by atoms with van der Waals surface area (Å²) >= 11 is 0. The van der Waals surface area contributed by atoms with Crippen LogP contribution < -0.4 is 4.90 Å². The minimum absolute atomic E-state index is 0.0327. The molecule has 2 rings (SSSR count). The minimum atomic E-state index is -0.224. The first-order valence-electron chi connectivity index (χ1n) is 11.0. The third kappa shape index (κ3) is 7.90. The number of amides is 1. The van der Waals surface area contributed by atoms with E-state index in [0.717, 1.165) is 44.8 Å². The normalized spacial score (nSPS) is 16.1. The Bertz CT molecular complexity index is 532. The number of para-hydroxylation sites is 1. The number of hydrogen-bond acceptors (Lipinski definition) is 4. The number of ether oxygens (including phenoxy) is 1. The zero-order valence-corrected chi connectivity index (χ0v) is 17.5. The summed E-state index contributed by atoms with van der Waals surface area (Å²) in [5.74, 6) is 0.118. The number of carbonyl (C=O) groups excluding carboxylic acids is 1. The molecule has 1 heterocycles. The molecule has 0 aliphatic carbocycles. The molecule has 1 atom stereocenters. The summed E-state index contributed by atoms with van der Waals surface area (Å²) in [7, 11) is 0. The maximum Gasteiger partial charge on any atom is 0.227 e. The Labute approximate surface area is 170 Å². The van der Waals surface area contributed by atoms with Crippen molar-refractivity contribution in [3.8, 4) is 0 Å². The van der Waals surface area contributed by atoms with Gasteiger partial charge in [-0.05, 0) is 18.6 Å². The molecule has 1 aliphatic rings. The molecule has 5 nitrogen and oxygen atoms in total. The summed E-state index contributed by atoms with van der Waals surface area (Å²) < 4.78 is 5.42. The Morgan fingerprint density at radius 3 is 2.36 bits per heavy atom. The first kappa shape index (κ1) is 22.9. The SMILES string of the molecule is CCCCCCCCCC(=O)N(c1ccccc1)C(CO)CN1CCOCC1. The molecule has 1 N–H and O–H groups in total. The number of benzene rings is 1. The zero-order valence-electron chi connectivity index (χ0n) is 17.5. The summed E-state index contributed by atoms with van der Waals surface area (Å²) in [6.07, 6.45) is 8.90. The van der Waals surface area contributed by atoms with Crippen LogP contribution >= 0.6 is 0 Å². The number of anilines is 1. The number of aliphatic hydroxyl groups excluding tert-OH is 1. The lowest BCUT2D eigenvalue weighted by molar-refractivity contribution is -0.119. The van der Waals surface area contributed by atoms with E-state index in [1.54, 1.807) is 0 Å². The fourth-order valence-corrected chi connectivity index (χ4v) is 3.80. The summed E-state index contributed by atoms with van der Waals surface area (Å²) in [5.41, 5.74) is 0.878. The van der Waals surface area contributed by atoms with Crippen LogP contribution in [0.15, 0.2) is 30.3 Å². The monoisotopic (exact) mass is 390 g/mol. The van der Waals surface area contributed by atoms with Gasteiger partial charge in [0.15, 0.2) is 0 Å². The van der Waals surface area contributed by atoms with E-state index in [-0.39, 0.29) is 18.6 Å². The van der Waals surface area contributed by atoms with Crippen LogP contribution in [-0.2, 0) is 9.53 Å². The molecule has 1 unspecified atom stereocenters. The van der Waals surface area contributed by atoms with Crippen LogP contribution in [0.3, 0.4) is 0 Å². The highest BCUT2D eigenvalue weighted by Crippen LogP contribution is 2.20. The number of carbonyl (C=O) groups is 1. The van der Waals surface area contributed by atoms with Crippen molar-refractivity contribution in [1.82, 2.24) is 4.90 Å². The lowest BCUT2D eigenvalue weighted by Gasteiger charge is -2.36. The van der Waals surface area contributed by atoms with Crippen molar-refractivity contribution in [2.75, 3.05) is 44.4 Å². The molecule has 5 heteroatoms. The van der Waals surface area contributed by atoms with Crippen molar-refractivity contribution in [1.29, 1.82) is 0 Å². The van der Waals surface area contributed by atoms with Gasteiger partial charge in [-0.1, -0.05) is 63.6 Å². The molecule has 1 saturated heterocycles. The van der Waals surface area contributed by atoms with Gasteiger partial charge in [-0.15, -0.1) is 0 Å². The molecular weight excluding hydrogens is 352 g/mol. The van der Waals surface area contributed by atoms with Crippen LogP contribution in [0.2, 0.25) is 0 Å². The first-order chi connectivity index (χ1) is 13.8. The summed E-state index contributed by atoms with van der Waals surface area (Å²) in [6.45, 7) is 6.01. The van der Waals surface area contributed by atoms with Gasteiger partial charge in [-0.25, -0.2) is 0 Å². The first-order valence-corrected chi connectivity index (χ1v) is 11.0. The molecule has 1 aromatic carbocycles. The van der Waals surface area contributed by atoms with Crippen molar-refractivity contribution >= 4 is 11.6 Å². The molecule has 1 aromatic rings. The van der Waals surface area contributed by atoms with Gasteiger partial charge in [0.2, 0.25) is 5.91 Å². The van der Waals surface area contributed by atoms with E-state index < -0.39 is 0 Å². The number of unbranched alkanes of at least 4 members (excludes halogenated alkanes) is 6. The summed E-state index contributed by atoms with van der Waals surface area (Å²) in [6, 6.07) is 9.56. The number of hydrogen-bond donors (Lipinski definition) is 1. The van der Waals surface area contributed by atoms with Gasteiger partial charge in [0.1, 0.15) is 0 Å². The van der Waals surface area contributed by atoms with E-state index in [4.69, 9.17) is 4.74 Å². The highest BCUT2D eigenvalue weighted by atomic mass is 16.5. The average Bonchev–Trinajstić information content (AvgIpc) is 2.74. The molecule has 0 radical (unpaired) electrons. The predicted octanol–water partition coefficient (Wildman–Crippen LogP) is 3.85. The van der Waals surface area contributed by atoms with E-state index in [2.05, 4.69) is 11.8 Å². The third-order valence-electron chi connectivity index (χ3n) is 5.45. The standard InChI is InChI=1S/C23H38N2O3/c1-2-3-4-5-6-7-11-14-23(27)25(21-12-9-8-10-13-21)22(20-26)19-24-15-17-28-18-16-24/h8-10,12-13,22,26H,2-7,11,14-20H2,1H3. The molecule has 0 aromatic heterocycles. The molecule has 0 saturated carbocycles. The van der Waals surface area contributed by atoms with Gasteiger partial charge in [-0.2, -0.15) is 0 Å². The quantitative estimate of drug-likeness (QED) is 0.520. The van der Waals surface area contributed by atoms with E-state index in [1.165, 1.54) is 32.1 Å². The van der Waals surface area contributed by atoms with Crippen LogP contribution in [-0.4, -0.2) is 61.4 Å². The van der Waals surface area contributed by atoms with E-state index in [9.17, 15) is 9.90 Å². The summed E-state index contributed by atoms with van der Waals surface area (Å²) in [4.78, 5) is 17.2. The Kier molecular flexibility index (Phi) is 11.2. The lowest BCUT2D eigenvalue weighted by atomic mass is 10.1. The second kappa shape index (κ2) is 13.7. The Morgan fingerprint density at radius 2 is 1.71 bits per heavy atom. The second-order valence-corrected chi connectivity index (χ2v) is 7.72. The zero-order chi connectivity index (χ0) is 20.0. The molecule has 0 spiro atoms. The van der Waals surface area contributed by atoms with Crippen LogP contribution in [0, 0.1) is 0 Å². The molecule has 1 aliphatic heterocycles. The maximum absolute atomic E-state index is 13.1. The van der Waals surface area contributed by atoms with Gasteiger partial charge in [0.25, 0.3) is 0 Å². The van der Waals surface area contributed by atoms with Crippen LogP contribution in [0.5, 0.6) is 0 Å². The van der Waals surface area contributed by atoms with Crippen molar-refractivity contribution in [2.24, 2.45) is 0 Å². The minimum Gasteiger partial charge on any atom is -0.394 e. The van der Waals surface area contributed by atoms with Crippen LogP contribution in [0.4, 0.5) is 5.69 Å². The van der Waals surface area contributed by atoms with Gasteiger partial charge in [0, 0.05) is 31.7 Å². The fraction of sp³-hybridized carbons (Fsp3) is 0.696.